The van der Waals surface area contributed by atoms with Gasteiger partial charge in [-0.15, -0.1) is 0 Å². The Kier molecular flexibility index (Phi) is 3.99. The van der Waals surface area contributed by atoms with E-state index in [1.54, 1.807) is 0 Å². The minimum absolute atomic E-state index is 0.154. The van der Waals surface area contributed by atoms with E-state index in [1.165, 1.54) is 0 Å². The molecule has 78 valence electrons. The third-order valence-electron chi connectivity index (χ3n) is 2.15. The molecule has 0 atom stereocenters. The van der Waals surface area contributed by atoms with E-state index in [0.717, 1.165) is 30.2 Å². The molecule has 0 N–H and O–H groups in total. The minimum Gasteiger partial charge on any atom is -0.284 e. The molecule has 1 nitrogen and oxygen atoms in total. The first kappa shape index (κ1) is 11.9. The summed E-state index contributed by atoms with van der Waals surface area (Å²) < 4.78 is 0. The van der Waals surface area contributed by atoms with E-state index in [9.17, 15) is 4.79 Å². The fourth-order valence-corrected chi connectivity index (χ4v) is 2.48. The summed E-state index contributed by atoms with van der Waals surface area (Å²) in [6.07, 6.45) is 7.97. The molecule has 0 aromatic carbocycles. The predicted molar refractivity (Wildman–Crippen MR) is 68.4 cm³/mol. The molecule has 15 heavy (non-hydrogen) atoms. The van der Waals surface area contributed by atoms with Crippen molar-refractivity contribution in [2.75, 3.05) is 0 Å². The maximum Gasteiger partial charge on any atom is 0.212 e. The zero-order chi connectivity index (χ0) is 11.4. The number of hydrogen-bond donors (Lipinski definition) is 0. The number of allylic oxidation sites excluding steroid dienone is 7. The Morgan fingerprint density at radius 1 is 1.47 bits per heavy atom. The molecular weight excluding hydrogens is 203 g/mol. The van der Waals surface area contributed by atoms with Crippen molar-refractivity contribution in [2.24, 2.45) is 0 Å². The molecule has 0 unspecified atom stereocenters. The molecule has 0 fully saturated rings. The summed E-state index contributed by atoms with van der Waals surface area (Å²) in [7, 11) is 0.764. The lowest BCUT2D eigenvalue weighted by Crippen LogP contribution is -1.92. The van der Waals surface area contributed by atoms with E-state index in [1.807, 2.05) is 45.1 Å². The van der Waals surface area contributed by atoms with Crippen LogP contribution in [0.2, 0.25) is 0 Å². The molecule has 0 saturated carbocycles. The molecule has 2 heteroatoms. The molecule has 0 bridgehead atoms. The molecular formula is C13H15OP. The largest absolute Gasteiger partial charge is 0.284 e. The Hall–Kier alpha value is -1.20. The van der Waals surface area contributed by atoms with Crippen molar-refractivity contribution in [3.63, 3.8) is 0 Å². The summed E-state index contributed by atoms with van der Waals surface area (Å²) in [5, 5.41) is 1.07. The summed E-state index contributed by atoms with van der Waals surface area (Å²) in [5.74, 6) is 0. The quantitative estimate of drug-likeness (QED) is 0.521. The molecule has 0 amide bonds. The van der Waals surface area contributed by atoms with E-state index in [2.05, 4.69) is 6.58 Å². The summed E-state index contributed by atoms with van der Waals surface area (Å²) in [4.78, 5) is 11.6. The Balaban J connectivity index is 3.06. The summed E-state index contributed by atoms with van der Waals surface area (Å²) >= 11 is 0. The van der Waals surface area contributed by atoms with Crippen LogP contribution in [0, 0.1) is 0 Å². The van der Waals surface area contributed by atoms with E-state index in [-0.39, 0.29) is 5.52 Å². The molecule has 0 saturated heterocycles. The van der Waals surface area contributed by atoms with Gasteiger partial charge >= 0.3 is 0 Å². The first-order chi connectivity index (χ1) is 7.10. The zero-order valence-corrected chi connectivity index (χ0v) is 10.3. The molecule has 1 heterocycles. The van der Waals surface area contributed by atoms with Gasteiger partial charge in [-0.1, -0.05) is 24.8 Å². The van der Waals surface area contributed by atoms with Crippen molar-refractivity contribution in [3.05, 3.63) is 47.6 Å². The van der Waals surface area contributed by atoms with E-state index >= 15 is 0 Å². The van der Waals surface area contributed by atoms with E-state index < -0.39 is 0 Å². The number of rotatable bonds is 3. The van der Waals surface area contributed by atoms with Crippen LogP contribution < -0.4 is 0 Å². The van der Waals surface area contributed by atoms with Gasteiger partial charge in [-0.05, 0) is 46.2 Å². The smallest absolute Gasteiger partial charge is 0.212 e. The summed E-state index contributed by atoms with van der Waals surface area (Å²) in [6, 6.07) is 0. The van der Waals surface area contributed by atoms with Crippen LogP contribution in [-0.2, 0) is 4.79 Å². The highest BCUT2D eigenvalue weighted by molar-refractivity contribution is 7.62. The third kappa shape index (κ3) is 2.64. The fraction of sp³-hybridized carbons (Fsp3) is 0.231. The molecule has 1 aliphatic rings. The van der Waals surface area contributed by atoms with Crippen molar-refractivity contribution in [2.45, 2.75) is 20.8 Å². The highest BCUT2D eigenvalue weighted by Crippen LogP contribution is 2.27. The first-order valence-corrected chi connectivity index (χ1v) is 5.79. The maximum atomic E-state index is 11.6. The Morgan fingerprint density at radius 2 is 2.13 bits per heavy atom. The number of carbonyl (C=O) groups excluding carboxylic acids is 1. The molecule has 1 aliphatic heterocycles. The Bertz CT molecular complexity index is 420. The van der Waals surface area contributed by atoms with Gasteiger partial charge in [0.1, 0.15) is 0 Å². The zero-order valence-electron chi connectivity index (χ0n) is 9.37. The van der Waals surface area contributed by atoms with Crippen LogP contribution in [-0.4, -0.2) is 10.8 Å². The normalized spacial score (nSPS) is 18.1. The van der Waals surface area contributed by atoms with Crippen molar-refractivity contribution in [3.8, 4) is 0 Å². The average Bonchev–Trinajstić information content (AvgIpc) is 2.56. The van der Waals surface area contributed by atoms with Gasteiger partial charge in [-0.3, -0.25) is 4.79 Å². The van der Waals surface area contributed by atoms with Gasteiger partial charge in [-0.2, -0.15) is 0 Å². The second kappa shape index (κ2) is 5.04. The average molecular weight is 218 g/mol. The SMILES string of the molecule is C=C(C)C1=CC(C(/C=C\C)=C/C)=PC1=O. The second-order valence-electron chi connectivity index (χ2n) is 3.38. The van der Waals surface area contributed by atoms with Gasteiger partial charge in [0, 0.05) is 10.9 Å². The molecule has 0 spiro atoms. The van der Waals surface area contributed by atoms with Crippen LogP contribution >= 0.6 is 8.20 Å². The van der Waals surface area contributed by atoms with Crippen molar-refractivity contribution < 1.29 is 4.79 Å². The maximum absolute atomic E-state index is 11.6. The topological polar surface area (TPSA) is 17.1 Å². The van der Waals surface area contributed by atoms with Crippen molar-refractivity contribution in [1.29, 1.82) is 0 Å². The third-order valence-corrected chi connectivity index (χ3v) is 3.22. The Morgan fingerprint density at radius 3 is 2.53 bits per heavy atom. The van der Waals surface area contributed by atoms with Gasteiger partial charge in [0.15, 0.2) is 0 Å². The minimum atomic E-state index is 0.154. The molecule has 1 rings (SSSR count). The lowest BCUT2D eigenvalue weighted by Gasteiger charge is -1.97. The van der Waals surface area contributed by atoms with E-state index in [4.69, 9.17) is 0 Å². The fourth-order valence-electron chi connectivity index (χ4n) is 1.36. The predicted octanol–water partition coefficient (Wildman–Crippen LogP) is 3.67. The van der Waals surface area contributed by atoms with Crippen molar-refractivity contribution >= 4 is 19.0 Å². The first-order valence-electron chi connectivity index (χ1n) is 4.90. The van der Waals surface area contributed by atoms with Crippen molar-refractivity contribution in [1.82, 2.24) is 0 Å². The van der Waals surface area contributed by atoms with Gasteiger partial charge in [0.25, 0.3) is 0 Å². The highest BCUT2D eigenvalue weighted by atomic mass is 31.1. The molecule has 0 aliphatic carbocycles. The number of carbonyl (C=O) groups is 1. The van der Waals surface area contributed by atoms with Gasteiger partial charge in [0.2, 0.25) is 5.52 Å². The monoisotopic (exact) mass is 218 g/mol. The van der Waals surface area contributed by atoms with Crippen LogP contribution in [0.3, 0.4) is 0 Å². The summed E-state index contributed by atoms with van der Waals surface area (Å²) in [5.41, 5.74) is 2.87. The Labute approximate surface area is 92.7 Å². The van der Waals surface area contributed by atoms with Crippen LogP contribution in [0.1, 0.15) is 20.8 Å². The molecule has 0 aromatic heterocycles. The van der Waals surface area contributed by atoms with Crippen LogP contribution in [0.5, 0.6) is 0 Å². The van der Waals surface area contributed by atoms with Gasteiger partial charge in [0.05, 0.1) is 0 Å². The van der Waals surface area contributed by atoms with Crippen LogP contribution in [0.4, 0.5) is 0 Å². The highest BCUT2D eigenvalue weighted by Gasteiger charge is 2.17. The van der Waals surface area contributed by atoms with Crippen LogP contribution in [0.25, 0.3) is 0 Å². The lowest BCUT2D eigenvalue weighted by atomic mass is 10.1. The van der Waals surface area contributed by atoms with Crippen LogP contribution in [0.15, 0.2) is 47.6 Å². The lowest BCUT2D eigenvalue weighted by molar-refractivity contribution is -0.107. The van der Waals surface area contributed by atoms with Gasteiger partial charge < -0.3 is 0 Å². The molecule has 0 aromatic rings. The number of hydrogen-bond acceptors (Lipinski definition) is 1. The van der Waals surface area contributed by atoms with E-state index in [0.29, 0.717) is 0 Å². The summed E-state index contributed by atoms with van der Waals surface area (Å²) in [6.45, 7) is 9.63. The van der Waals surface area contributed by atoms with Gasteiger partial charge in [-0.25, -0.2) is 0 Å². The molecule has 0 radical (unpaired) electrons. The second-order valence-corrected chi connectivity index (χ2v) is 4.50. The standard InChI is InChI=1S/C13H15OP/c1-5-7-10(6-2)12-8-11(9(3)4)13(14)15-12/h5-8H,3H2,1-2,4H3/b7-5-,10-6+.